The van der Waals surface area contributed by atoms with Crippen molar-refractivity contribution >= 4 is 17.4 Å². The van der Waals surface area contributed by atoms with Crippen LogP contribution in [0.4, 0.5) is 4.39 Å². The van der Waals surface area contributed by atoms with Crippen LogP contribution in [0.1, 0.15) is 35.7 Å². The van der Waals surface area contributed by atoms with Crippen molar-refractivity contribution < 1.29 is 13.9 Å². The van der Waals surface area contributed by atoms with Gasteiger partial charge >= 0.3 is 0 Å². The van der Waals surface area contributed by atoms with Gasteiger partial charge in [0.1, 0.15) is 0 Å². The zero-order valence-electron chi connectivity index (χ0n) is 11.9. The molecule has 0 spiro atoms. The molecule has 0 aliphatic carbocycles. The topological polar surface area (TPSA) is 26.3 Å². The van der Waals surface area contributed by atoms with Gasteiger partial charge in [-0.3, -0.25) is 4.79 Å². The lowest BCUT2D eigenvalue weighted by molar-refractivity contribution is 0.0919. The van der Waals surface area contributed by atoms with Crippen LogP contribution in [0.2, 0.25) is 5.02 Å². The largest absolute Gasteiger partial charge is 0.481 e. The molecule has 0 heterocycles. The van der Waals surface area contributed by atoms with Crippen molar-refractivity contribution in [3.05, 3.63) is 64.4 Å². The second-order valence-electron chi connectivity index (χ2n) is 5.04. The average Bonchev–Trinajstić information content (AvgIpc) is 2.46. The number of carbonyl (C=O) groups excluding carboxylic acids is 1. The zero-order chi connectivity index (χ0) is 15.4. The molecule has 2 rings (SSSR count). The van der Waals surface area contributed by atoms with E-state index in [0.717, 1.165) is 5.56 Å². The highest BCUT2D eigenvalue weighted by molar-refractivity contribution is 6.32. The Kier molecular flexibility index (Phi) is 4.97. The lowest BCUT2D eigenvalue weighted by Crippen LogP contribution is -2.12. The minimum Gasteiger partial charge on any atom is -0.481 e. The normalized spacial score (nSPS) is 10.7. The lowest BCUT2D eigenvalue weighted by Gasteiger charge is -2.09. The van der Waals surface area contributed by atoms with Crippen LogP contribution >= 0.6 is 11.6 Å². The number of ether oxygens (including phenoxy) is 1. The second-order valence-corrected chi connectivity index (χ2v) is 5.45. The van der Waals surface area contributed by atoms with Gasteiger partial charge in [-0.2, -0.15) is 0 Å². The van der Waals surface area contributed by atoms with Crippen molar-refractivity contribution in [3.63, 3.8) is 0 Å². The third-order valence-electron chi connectivity index (χ3n) is 3.17. The number of hydrogen-bond acceptors (Lipinski definition) is 2. The van der Waals surface area contributed by atoms with Crippen molar-refractivity contribution in [1.29, 1.82) is 0 Å². The number of Topliss-reactive ketones (excluding diaryl/α,β-unsaturated/α-hetero) is 1. The van der Waals surface area contributed by atoms with Crippen LogP contribution in [0, 0.1) is 5.82 Å². The summed E-state index contributed by atoms with van der Waals surface area (Å²) >= 11 is 5.84. The van der Waals surface area contributed by atoms with Gasteiger partial charge in [0.2, 0.25) is 0 Å². The van der Waals surface area contributed by atoms with E-state index in [1.165, 1.54) is 18.2 Å². The van der Waals surface area contributed by atoms with Crippen molar-refractivity contribution in [2.75, 3.05) is 6.61 Å². The van der Waals surface area contributed by atoms with E-state index in [1.807, 2.05) is 12.1 Å². The lowest BCUT2D eigenvalue weighted by atomic mass is 10.0. The van der Waals surface area contributed by atoms with E-state index in [-0.39, 0.29) is 23.2 Å². The molecule has 0 saturated heterocycles. The molecule has 0 aromatic heterocycles. The Labute approximate surface area is 128 Å². The molecule has 0 aliphatic heterocycles. The SMILES string of the molecule is CC(C)c1ccc(C(=O)COc2c(F)cccc2Cl)cc1. The Balaban J connectivity index is 2.05. The molecule has 0 atom stereocenters. The van der Waals surface area contributed by atoms with Crippen molar-refractivity contribution in [2.45, 2.75) is 19.8 Å². The first kappa shape index (κ1) is 15.5. The summed E-state index contributed by atoms with van der Waals surface area (Å²) in [5.41, 5.74) is 1.69. The number of benzene rings is 2. The van der Waals surface area contributed by atoms with Gasteiger partial charge < -0.3 is 4.74 Å². The molecular formula is C17H16ClFO2. The quantitative estimate of drug-likeness (QED) is 0.737. The number of hydrogen-bond donors (Lipinski definition) is 0. The number of para-hydroxylation sites is 1. The minimum absolute atomic E-state index is 0.0914. The summed E-state index contributed by atoms with van der Waals surface area (Å²) in [4.78, 5) is 12.0. The summed E-state index contributed by atoms with van der Waals surface area (Å²) in [7, 11) is 0. The predicted molar refractivity (Wildman–Crippen MR) is 81.8 cm³/mol. The first-order chi connectivity index (χ1) is 9.99. The predicted octanol–water partition coefficient (Wildman–Crippen LogP) is 4.86. The number of carbonyl (C=O) groups is 1. The van der Waals surface area contributed by atoms with Crippen LogP contribution in [0.5, 0.6) is 5.75 Å². The number of ketones is 1. The monoisotopic (exact) mass is 306 g/mol. The molecule has 0 amide bonds. The van der Waals surface area contributed by atoms with Gasteiger partial charge in [-0.25, -0.2) is 4.39 Å². The van der Waals surface area contributed by atoms with E-state index in [1.54, 1.807) is 12.1 Å². The smallest absolute Gasteiger partial charge is 0.200 e. The maximum atomic E-state index is 13.5. The molecule has 2 nitrogen and oxygen atoms in total. The maximum absolute atomic E-state index is 13.5. The van der Waals surface area contributed by atoms with Crippen molar-refractivity contribution in [2.24, 2.45) is 0 Å². The van der Waals surface area contributed by atoms with Gasteiger partial charge in [-0.1, -0.05) is 55.8 Å². The highest BCUT2D eigenvalue weighted by atomic mass is 35.5. The van der Waals surface area contributed by atoms with Crippen LogP contribution < -0.4 is 4.74 Å². The average molecular weight is 307 g/mol. The summed E-state index contributed by atoms with van der Waals surface area (Å²) in [6, 6.07) is 11.6. The van der Waals surface area contributed by atoms with Crippen LogP contribution in [0.15, 0.2) is 42.5 Å². The molecule has 0 unspecified atom stereocenters. The molecule has 0 aliphatic rings. The fraction of sp³-hybridized carbons (Fsp3) is 0.235. The summed E-state index contributed by atoms with van der Waals surface area (Å²) in [5, 5.41) is 0.151. The van der Waals surface area contributed by atoms with Crippen LogP contribution in [-0.4, -0.2) is 12.4 Å². The molecule has 0 bridgehead atoms. The van der Waals surface area contributed by atoms with E-state index in [0.29, 0.717) is 11.5 Å². The molecule has 2 aromatic rings. The Morgan fingerprint density at radius 2 is 1.86 bits per heavy atom. The molecule has 0 saturated carbocycles. The summed E-state index contributed by atoms with van der Waals surface area (Å²) < 4.78 is 18.7. The molecule has 21 heavy (non-hydrogen) atoms. The highest BCUT2D eigenvalue weighted by Crippen LogP contribution is 2.27. The van der Waals surface area contributed by atoms with Gasteiger partial charge in [0.25, 0.3) is 0 Å². The first-order valence-corrected chi connectivity index (χ1v) is 7.07. The minimum atomic E-state index is -0.578. The van der Waals surface area contributed by atoms with E-state index < -0.39 is 5.82 Å². The van der Waals surface area contributed by atoms with E-state index in [2.05, 4.69) is 13.8 Å². The first-order valence-electron chi connectivity index (χ1n) is 6.69. The molecular weight excluding hydrogens is 291 g/mol. The Morgan fingerprint density at radius 1 is 1.19 bits per heavy atom. The third-order valence-corrected chi connectivity index (χ3v) is 3.46. The van der Waals surface area contributed by atoms with Crippen LogP contribution in [-0.2, 0) is 0 Å². The summed E-state index contributed by atoms with van der Waals surface area (Å²) in [6.07, 6.45) is 0. The van der Waals surface area contributed by atoms with Gasteiger partial charge in [-0.05, 0) is 23.6 Å². The van der Waals surface area contributed by atoms with Gasteiger partial charge in [0, 0.05) is 5.56 Å². The van der Waals surface area contributed by atoms with Crippen molar-refractivity contribution in [1.82, 2.24) is 0 Å². The molecule has 0 N–H and O–H groups in total. The summed E-state index contributed by atoms with van der Waals surface area (Å²) in [6.45, 7) is 3.92. The van der Waals surface area contributed by atoms with Gasteiger partial charge in [-0.15, -0.1) is 0 Å². The van der Waals surface area contributed by atoms with E-state index in [4.69, 9.17) is 16.3 Å². The number of halogens is 2. The van der Waals surface area contributed by atoms with Gasteiger partial charge in [0.05, 0.1) is 5.02 Å². The molecule has 0 fully saturated rings. The summed E-state index contributed by atoms with van der Waals surface area (Å²) in [5.74, 6) is -0.482. The molecule has 110 valence electrons. The Morgan fingerprint density at radius 3 is 2.43 bits per heavy atom. The van der Waals surface area contributed by atoms with E-state index >= 15 is 0 Å². The third kappa shape index (κ3) is 3.82. The Hall–Kier alpha value is -1.87. The Bertz CT molecular complexity index is 615. The van der Waals surface area contributed by atoms with Crippen LogP contribution in [0.3, 0.4) is 0 Å². The van der Waals surface area contributed by atoms with E-state index in [9.17, 15) is 9.18 Å². The molecule has 2 aromatic carbocycles. The standard InChI is InChI=1S/C17H16ClFO2/c1-11(2)12-6-8-13(9-7-12)16(20)10-21-17-14(18)4-3-5-15(17)19/h3-9,11H,10H2,1-2H3. The maximum Gasteiger partial charge on any atom is 0.200 e. The highest BCUT2D eigenvalue weighted by Gasteiger charge is 2.12. The fourth-order valence-corrected chi connectivity index (χ4v) is 2.11. The fourth-order valence-electron chi connectivity index (χ4n) is 1.90. The number of rotatable bonds is 5. The molecule has 0 radical (unpaired) electrons. The second kappa shape index (κ2) is 6.72. The van der Waals surface area contributed by atoms with Gasteiger partial charge in [0.15, 0.2) is 24.0 Å². The zero-order valence-corrected chi connectivity index (χ0v) is 12.7. The van der Waals surface area contributed by atoms with Crippen molar-refractivity contribution in [3.8, 4) is 5.75 Å². The van der Waals surface area contributed by atoms with Crippen LogP contribution in [0.25, 0.3) is 0 Å². The molecule has 4 heteroatoms.